The van der Waals surface area contributed by atoms with Gasteiger partial charge >= 0.3 is 0 Å². The summed E-state index contributed by atoms with van der Waals surface area (Å²) in [5.74, 6) is -0.475. The monoisotopic (exact) mass is 271 g/mol. The molecular formula is C11H14FN3O2S. The molecule has 1 aromatic carbocycles. The van der Waals surface area contributed by atoms with Crippen molar-refractivity contribution >= 4 is 35.0 Å². The van der Waals surface area contributed by atoms with Gasteiger partial charge < -0.3 is 16.8 Å². The molecule has 0 saturated carbocycles. The lowest BCUT2D eigenvalue weighted by atomic mass is 10.2. The molecule has 7 heteroatoms. The van der Waals surface area contributed by atoms with Crippen LogP contribution in [0.1, 0.15) is 6.42 Å². The topological polar surface area (TPSA) is 98.2 Å². The van der Waals surface area contributed by atoms with Crippen LogP contribution in [-0.4, -0.2) is 23.3 Å². The lowest BCUT2D eigenvalue weighted by Gasteiger charge is -2.06. The smallest absolute Gasteiger partial charge is 0.227 e. The van der Waals surface area contributed by atoms with Gasteiger partial charge in [0.2, 0.25) is 11.8 Å². The maximum atomic E-state index is 12.9. The van der Waals surface area contributed by atoms with Crippen LogP contribution >= 0.6 is 11.8 Å². The van der Waals surface area contributed by atoms with E-state index in [9.17, 15) is 14.0 Å². The second-order valence-corrected chi connectivity index (χ2v) is 4.66. The Morgan fingerprint density at radius 3 is 2.72 bits per heavy atom. The average molecular weight is 271 g/mol. The number of halogens is 1. The summed E-state index contributed by atoms with van der Waals surface area (Å²) in [4.78, 5) is 21.9. The third kappa shape index (κ3) is 5.05. The van der Waals surface area contributed by atoms with E-state index in [1.54, 1.807) is 0 Å². The molecule has 5 nitrogen and oxygen atoms in total. The zero-order valence-corrected chi connectivity index (χ0v) is 10.4. The van der Waals surface area contributed by atoms with E-state index in [4.69, 9.17) is 11.5 Å². The van der Waals surface area contributed by atoms with Crippen LogP contribution in [-0.2, 0) is 9.59 Å². The minimum absolute atomic E-state index is 0.0177. The SMILES string of the molecule is NC(=O)CSCCC(=O)Nc1ccc(F)c(N)c1. The van der Waals surface area contributed by atoms with Gasteiger partial charge in [0.25, 0.3) is 0 Å². The van der Waals surface area contributed by atoms with Crippen molar-refractivity contribution in [1.29, 1.82) is 0 Å². The van der Waals surface area contributed by atoms with Crippen molar-refractivity contribution in [3.8, 4) is 0 Å². The molecule has 0 saturated heterocycles. The normalized spacial score (nSPS) is 10.1. The summed E-state index contributed by atoms with van der Waals surface area (Å²) in [5, 5.41) is 2.58. The number of amides is 2. The van der Waals surface area contributed by atoms with Crippen molar-refractivity contribution in [3.63, 3.8) is 0 Å². The van der Waals surface area contributed by atoms with E-state index in [1.165, 1.54) is 30.0 Å². The molecule has 0 bridgehead atoms. The number of thioether (sulfide) groups is 1. The highest BCUT2D eigenvalue weighted by Crippen LogP contribution is 2.16. The Labute approximate surface area is 108 Å². The number of carbonyl (C=O) groups excluding carboxylic acids is 2. The van der Waals surface area contributed by atoms with Gasteiger partial charge in [0, 0.05) is 17.9 Å². The zero-order chi connectivity index (χ0) is 13.5. The summed E-state index contributed by atoms with van der Waals surface area (Å²) < 4.78 is 12.9. The lowest BCUT2D eigenvalue weighted by Crippen LogP contribution is -2.15. The van der Waals surface area contributed by atoms with Crippen LogP contribution in [0.5, 0.6) is 0 Å². The summed E-state index contributed by atoms with van der Waals surface area (Å²) in [5.41, 5.74) is 10.7. The van der Waals surface area contributed by atoms with Crippen molar-refractivity contribution in [2.24, 2.45) is 5.73 Å². The number of nitrogens with two attached hydrogens (primary N) is 2. The van der Waals surface area contributed by atoms with E-state index >= 15 is 0 Å². The summed E-state index contributed by atoms with van der Waals surface area (Å²) in [6.45, 7) is 0. The van der Waals surface area contributed by atoms with Gasteiger partial charge in [0.15, 0.2) is 0 Å². The van der Waals surface area contributed by atoms with E-state index in [0.717, 1.165) is 0 Å². The standard InChI is InChI=1S/C11H14FN3O2S/c12-8-2-1-7(5-9(8)13)15-11(17)3-4-18-6-10(14)16/h1-2,5H,3-4,6,13H2,(H2,14,16)(H,15,17). The Morgan fingerprint density at radius 1 is 1.39 bits per heavy atom. The van der Waals surface area contributed by atoms with Crippen LogP contribution in [0.15, 0.2) is 18.2 Å². The third-order valence-corrected chi connectivity index (χ3v) is 2.98. The number of rotatable bonds is 6. The highest BCUT2D eigenvalue weighted by molar-refractivity contribution is 7.99. The zero-order valence-electron chi connectivity index (χ0n) is 9.61. The van der Waals surface area contributed by atoms with Gasteiger partial charge in [-0.3, -0.25) is 9.59 Å². The summed E-state index contributed by atoms with van der Waals surface area (Å²) >= 11 is 1.29. The minimum atomic E-state index is -0.523. The average Bonchev–Trinajstić information content (AvgIpc) is 2.29. The van der Waals surface area contributed by atoms with E-state index < -0.39 is 11.7 Å². The van der Waals surface area contributed by atoms with Gasteiger partial charge in [-0.25, -0.2) is 4.39 Å². The van der Waals surface area contributed by atoms with Gasteiger partial charge in [0.1, 0.15) is 5.82 Å². The fraction of sp³-hybridized carbons (Fsp3) is 0.273. The highest BCUT2D eigenvalue weighted by atomic mass is 32.2. The largest absolute Gasteiger partial charge is 0.396 e. The second-order valence-electron chi connectivity index (χ2n) is 3.55. The van der Waals surface area contributed by atoms with Crippen molar-refractivity contribution in [2.45, 2.75) is 6.42 Å². The fourth-order valence-corrected chi connectivity index (χ4v) is 1.86. The van der Waals surface area contributed by atoms with Gasteiger partial charge in [-0.2, -0.15) is 11.8 Å². The van der Waals surface area contributed by atoms with E-state index in [1.807, 2.05) is 0 Å². The molecule has 0 atom stereocenters. The van der Waals surface area contributed by atoms with Crippen molar-refractivity contribution in [1.82, 2.24) is 0 Å². The lowest BCUT2D eigenvalue weighted by molar-refractivity contribution is -0.116. The molecule has 0 unspecified atom stereocenters. The van der Waals surface area contributed by atoms with Crippen LogP contribution < -0.4 is 16.8 Å². The number of nitrogen functional groups attached to an aromatic ring is 1. The van der Waals surface area contributed by atoms with Gasteiger partial charge in [-0.1, -0.05) is 0 Å². The quantitative estimate of drug-likeness (QED) is 0.530. The first-order valence-electron chi connectivity index (χ1n) is 5.20. The third-order valence-electron chi connectivity index (χ3n) is 2.00. The Bertz CT molecular complexity index is 454. The maximum absolute atomic E-state index is 12.9. The van der Waals surface area contributed by atoms with Crippen LogP contribution in [0.3, 0.4) is 0 Å². The van der Waals surface area contributed by atoms with Crippen LogP contribution in [0, 0.1) is 5.82 Å². The summed E-state index contributed by atoms with van der Waals surface area (Å²) in [6.07, 6.45) is 0.245. The molecule has 0 fully saturated rings. The van der Waals surface area contributed by atoms with Crippen LogP contribution in [0.4, 0.5) is 15.8 Å². The predicted molar refractivity (Wildman–Crippen MR) is 70.6 cm³/mol. The molecule has 0 aliphatic rings. The number of benzene rings is 1. The molecule has 5 N–H and O–H groups in total. The molecule has 0 aliphatic heterocycles. The molecule has 2 amide bonds. The van der Waals surface area contributed by atoms with Crippen molar-refractivity contribution in [2.75, 3.05) is 22.6 Å². The molecule has 18 heavy (non-hydrogen) atoms. The van der Waals surface area contributed by atoms with Crippen molar-refractivity contribution in [3.05, 3.63) is 24.0 Å². The van der Waals surface area contributed by atoms with E-state index in [-0.39, 0.29) is 23.8 Å². The molecular weight excluding hydrogens is 257 g/mol. The first-order valence-corrected chi connectivity index (χ1v) is 6.35. The maximum Gasteiger partial charge on any atom is 0.227 e. The van der Waals surface area contributed by atoms with E-state index in [0.29, 0.717) is 11.4 Å². The van der Waals surface area contributed by atoms with Gasteiger partial charge in [-0.15, -0.1) is 0 Å². The number of anilines is 2. The summed E-state index contributed by atoms with van der Waals surface area (Å²) in [7, 11) is 0. The molecule has 1 aromatic rings. The molecule has 0 heterocycles. The Kier molecular flexibility index (Phi) is 5.44. The predicted octanol–water partition coefficient (Wildman–Crippen LogP) is 0.955. The highest BCUT2D eigenvalue weighted by Gasteiger charge is 2.05. The van der Waals surface area contributed by atoms with Gasteiger partial charge in [0.05, 0.1) is 11.4 Å². The molecule has 0 aliphatic carbocycles. The fourth-order valence-electron chi connectivity index (χ4n) is 1.18. The van der Waals surface area contributed by atoms with Crippen LogP contribution in [0.25, 0.3) is 0 Å². The summed E-state index contributed by atoms with van der Waals surface area (Å²) in [6, 6.07) is 3.97. The number of hydrogen-bond acceptors (Lipinski definition) is 4. The Morgan fingerprint density at radius 2 is 2.11 bits per heavy atom. The van der Waals surface area contributed by atoms with Crippen molar-refractivity contribution < 1.29 is 14.0 Å². The number of hydrogen-bond donors (Lipinski definition) is 3. The molecule has 0 aromatic heterocycles. The number of carbonyl (C=O) groups is 2. The Hall–Kier alpha value is -1.76. The van der Waals surface area contributed by atoms with Crippen LogP contribution in [0.2, 0.25) is 0 Å². The molecule has 1 rings (SSSR count). The second kappa shape index (κ2) is 6.85. The Balaban J connectivity index is 2.35. The molecule has 0 radical (unpaired) electrons. The first-order chi connectivity index (χ1) is 8.49. The molecule has 0 spiro atoms. The molecule has 98 valence electrons. The van der Waals surface area contributed by atoms with Gasteiger partial charge in [-0.05, 0) is 18.2 Å². The first kappa shape index (κ1) is 14.3. The minimum Gasteiger partial charge on any atom is -0.396 e. The number of primary amides is 1. The van der Waals surface area contributed by atoms with E-state index in [2.05, 4.69) is 5.32 Å². The number of nitrogens with one attached hydrogen (secondary N) is 1.